The van der Waals surface area contributed by atoms with Gasteiger partial charge >= 0.3 is 0 Å². The summed E-state index contributed by atoms with van der Waals surface area (Å²) in [6, 6.07) is 0. The van der Waals surface area contributed by atoms with E-state index in [9.17, 15) is 9.18 Å². The second-order valence-electron chi connectivity index (χ2n) is 8.14. The summed E-state index contributed by atoms with van der Waals surface area (Å²) in [5.41, 5.74) is 1.90. The minimum absolute atomic E-state index is 0.101. The lowest BCUT2D eigenvalue weighted by atomic mass is 10.1. The van der Waals surface area contributed by atoms with E-state index >= 15 is 0 Å². The maximum atomic E-state index is 13.7. The van der Waals surface area contributed by atoms with Gasteiger partial charge in [0.05, 0.1) is 18.8 Å². The molecule has 0 aromatic carbocycles. The van der Waals surface area contributed by atoms with E-state index in [0.717, 1.165) is 18.4 Å². The van der Waals surface area contributed by atoms with Gasteiger partial charge in [-0.3, -0.25) is 9.18 Å². The van der Waals surface area contributed by atoms with E-state index in [4.69, 9.17) is 9.72 Å². The Morgan fingerprint density at radius 1 is 1.19 bits per heavy atom. The number of fused-ring (bicyclic) bond motifs is 1. The first kappa shape index (κ1) is 19.8. The van der Waals surface area contributed by atoms with Crippen molar-refractivity contribution in [3.05, 3.63) is 24.5 Å². The number of aromatic nitrogens is 6. The van der Waals surface area contributed by atoms with Crippen molar-refractivity contribution < 1.29 is 13.9 Å². The topological polar surface area (TPSA) is 98.9 Å². The number of rotatable bonds is 6. The van der Waals surface area contributed by atoms with Crippen LogP contribution >= 0.6 is 0 Å². The molecule has 0 unspecified atom stereocenters. The van der Waals surface area contributed by atoms with Crippen molar-refractivity contribution in [2.75, 3.05) is 19.8 Å². The highest BCUT2D eigenvalue weighted by Crippen LogP contribution is 2.34. The predicted molar refractivity (Wildman–Crippen MR) is 110 cm³/mol. The van der Waals surface area contributed by atoms with E-state index in [1.807, 2.05) is 18.4 Å². The first-order chi connectivity index (χ1) is 15.1. The van der Waals surface area contributed by atoms with Crippen LogP contribution in [-0.2, 0) is 11.3 Å². The van der Waals surface area contributed by atoms with E-state index in [1.165, 1.54) is 6.33 Å². The fourth-order valence-electron chi connectivity index (χ4n) is 4.06. The molecule has 4 heterocycles. The molecule has 5 rings (SSSR count). The zero-order chi connectivity index (χ0) is 21.5. The number of carbonyl (C=O) groups is 1. The van der Waals surface area contributed by atoms with E-state index in [0.29, 0.717) is 48.3 Å². The van der Waals surface area contributed by atoms with Crippen LogP contribution in [0.2, 0.25) is 0 Å². The molecule has 3 aromatic rings. The Hall–Kier alpha value is -3.17. The van der Waals surface area contributed by atoms with Gasteiger partial charge in [-0.05, 0) is 26.7 Å². The number of carbonyl (C=O) groups excluding carboxylic acids is 1. The summed E-state index contributed by atoms with van der Waals surface area (Å²) in [5, 5.41) is 0. The molecule has 0 spiro atoms. The zero-order valence-electron chi connectivity index (χ0n) is 17.5. The molecule has 10 heteroatoms. The molecule has 31 heavy (non-hydrogen) atoms. The number of hydrogen-bond donors (Lipinski definition) is 0. The Morgan fingerprint density at radius 3 is 2.65 bits per heavy atom. The van der Waals surface area contributed by atoms with E-state index < -0.39 is 12.8 Å². The highest BCUT2D eigenvalue weighted by molar-refractivity contribution is 5.82. The van der Waals surface area contributed by atoms with Gasteiger partial charge in [0.1, 0.15) is 24.1 Å². The number of nitrogens with zero attached hydrogens (tertiary/aromatic N) is 7. The normalized spacial score (nSPS) is 21.1. The summed E-state index contributed by atoms with van der Waals surface area (Å²) in [6.45, 7) is 4.64. The number of amides is 1. The Labute approximate surface area is 178 Å². The van der Waals surface area contributed by atoms with Gasteiger partial charge < -0.3 is 14.2 Å². The highest BCUT2D eigenvalue weighted by Gasteiger charge is 2.42. The van der Waals surface area contributed by atoms with Crippen molar-refractivity contribution in [1.29, 1.82) is 0 Å². The monoisotopic (exact) mass is 425 g/mol. The molecule has 2 aliphatic rings. The Kier molecular flexibility index (Phi) is 4.99. The molecule has 2 fully saturated rings. The third-order valence-electron chi connectivity index (χ3n) is 5.93. The third-order valence-corrected chi connectivity index (χ3v) is 5.93. The number of alkyl halides is 1. The molecule has 1 saturated heterocycles. The quantitative estimate of drug-likeness (QED) is 0.597. The lowest BCUT2D eigenvalue weighted by Crippen LogP contribution is -2.32. The SMILES string of the molecule is CCn1c(-c2cnc(C)nc2)nc2c(O[C@@H]3CN(C(=O)C4CC4)C[C@H]3CF)ncnc21. The summed E-state index contributed by atoms with van der Waals surface area (Å²) in [7, 11) is 0. The lowest BCUT2D eigenvalue weighted by molar-refractivity contribution is -0.131. The van der Waals surface area contributed by atoms with Crippen molar-refractivity contribution in [1.82, 2.24) is 34.4 Å². The Morgan fingerprint density at radius 2 is 1.97 bits per heavy atom. The zero-order valence-corrected chi connectivity index (χ0v) is 17.5. The Balaban J connectivity index is 1.47. The third kappa shape index (κ3) is 3.60. The van der Waals surface area contributed by atoms with Crippen molar-refractivity contribution in [2.24, 2.45) is 11.8 Å². The summed E-state index contributed by atoms with van der Waals surface area (Å²) in [6.07, 6.45) is 6.25. The van der Waals surface area contributed by atoms with Crippen molar-refractivity contribution in [2.45, 2.75) is 39.3 Å². The molecule has 1 aliphatic carbocycles. The largest absolute Gasteiger partial charge is 0.470 e. The molecule has 162 valence electrons. The molecule has 1 aliphatic heterocycles. The van der Waals surface area contributed by atoms with Gasteiger partial charge in [0, 0.05) is 37.3 Å². The van der Waals surface area contributed by atoms with Crippen LogP contribution in [-0.4, -0.2) is 66.2 Å². The summed E-state index contributed by atoms with van der Waals surface area (Å²) < 4.78 is 21.8. The maximum Gasteiger partial charge on any atom is 0.245 e. The average Bonchev–Trinajstić information content (AvgIpc) is 3.45. The molecule has 0 bridgehead atoms. The van der Waals surface area contributed by atoms with E-state index in [1.54, 1.807) is 17.3 Å². The van der Waals surface area contributed by atoms with Crippen LogP contribution < -0.4 is 4.74 Å². The summed E-state index contributed by atoms with van der Waals surface area (Å²) in [5.74, 6) is 1.47. The van der Waals surface area contributed by atoms with Crippen molar-refractivity contribution in [3.8, 4) is 17.3 Å². The van der Waals surface area contributed by atoms with Gasteiger partial charge in [-0.25, -0.2) is 19.9 Å². The van der Waals surface area contributed by atoms with Crippen molar-refractivity contribution in [3.63, 3.8) is 0 Å². The second kappa shape index (κ2) is 7.82. The van der Waals surface area contributed by atoms with Crippen LogP contribution in [0.15, 0.2) is 18.7 Å². The molecule has 0 N–H and O–H groups in total. The van der Waals surface area contributed by atoms with Gasteiger partial charge in [0.2, 0.25) is 11.8 Å². The number of hydrogen-bond acceptors (Lipinski definition) is 7. The maximum absolute atomic E-state index is 13.7. The fourth-order valence-corrected chi connectivity index (χ4v) is 4.06. The van der Waals surface area contributed by atoms with Gasteiger partial charge in [-0.2, -0.15) is 4.98 Å². The summed E-state index contributed by atoms with van der Waals surface area (Å²) in [4.78, 5) is 36.1. The van der Waals surface area contributed by atoms with Crippen LogP contribution in [0.4, 0.5) is 4.39 Å². The smallest absolute Gasteiger partial charge is 0.245 e. The first-order valence-electron chi connectivity index (χ1n) is 10.6. The number of ether oxygens (including phenoxy) is 1. The molecule has 1 amide bonds. The van der Waals surface area contributed by atoms with Crippen molar-refractivity contribution >= 4 is 17.1 Å². The minimum atomic E-state index is -0.553. The number of halogens is 1. The molecule has 3 aromatic heterocycles. The first-order valence-corrected chi connectivity index (χ1v) is 10.6. The molecular weight excluding hydrogens is 401 g/mol. The molecule has 1 saturated carbocycles. The molecular formula is C21H24FN7O2. The minimum Gasteiger partial charge on any atom is -0.470 e. The van der Waals surface area contributed by atoms with Crippen LogP contribution in [0, 0.1) is 18.8 Å². The van der Waals surface area contributed by atoms with E-state index in [-0.39, 0.29) is 17.7 Å². The van der Waals surface area contributed by atoms with Gasteiger partial charge in [-0.15, -0.1) is 0 Å². The second-order valence-corrected chi connectivity index (χ2v) is 8.14. The lowest BCUT2D eigenvalue weighted by Gasteiger charge is -2.17. The van der Waals surface area contributed by atoms with Gasteiger partial charge in [0.25, 0.3) is 0 Å². The predicted octanol–water partition coefficient (Wildman–Crippen LogP) is 2.20. The van der Waals surface area contributed by atoms with Crippen LogP contribution in [0.25, 0.3) is 22.6 Å². The average molecular weight is 425 g/mol. The van der Waals surface area contributed by atoms with Crippen LogP contribution in [0.5, 0.6) is 5.88 Å². The Bertz CT molecular complexity index is 1110. The fraction of sp³-hybridized carbons (Fsp3) is 0.524. The van der Waals surface area contributed by atoms with Gasteiger partial charge in [-0.1, -0.05) is 0 Å². The summed E-state index contributed by atoms with van der Waals surface area (Å²) >= 11 is 0. The van der Waals surface area contributed by atoms with E-state index in [2.05, 4.69) is 19.9 Å². The number of likely N-dealkylation sites (tertiary alicyclic amines) is 1. The molecule has 0 radical (unpaired) electrons. The standard InChI is InChI=1S/C21H24FN7O2/c1-3-29-18(15-7-23-12(2)24-8-15)27-17-19(29)25-11-26-20(17)31-16-10-28(9-14(16)6-22)21(30)13-4-5-13/h7-8,11,13-14,16H,3-6,9-10H2,1-2H3/t14-,16-/m1/s1. The van der Waals surface area contributed by atoms with Crippen LogP contribution in [0.1, 0.15) is 25.6 Å². The van der Waals surface area contributed by atoms with Crippen LogP contribution in [0.3, 0.4) is 0 Å². The van der Waals surface area contributed by atoms with Gasteiger partial charge in [0.15, 0.2) is 11.2 Å². The number of aryl methyl sites for hydroxylation is 2. The number of imidazole rings is 1. The highest BCUT2D eigenvalue weighted by atomic mass is 19.1. The molecule has 2 atom stereocenters. The molecule has 9 nitrogen and oxygen atoms in total.